The maximum absolute atomic E-state index is 13.4. The third-order valence-electron chi connectivity index (χ3n) is 5.15. The third-order valence-corrected chi connectivity index (χ3v) is 5.35. The zero-order valence-corrected chi connectivity index (χ0v) is 20.7. The first-order valence-corrected chi connectivity index (χ1v) is 11.5. The molecule has 0 aliphatic heterocycles. The second-order valence-electron chi connectivity index (χ2n) is 8.23. The highest BCUT2D eigenvalue weighted by Gasteiger charge is 2.33. The van der Waals surface area contributed by atoms with E-state index in [0.717, 1.165) is 18.3 Å². The van der Waals surface area contributed by atoms with E-state index in [0.29, 0.717) is 0 Å². The molecule has 0 saturated heterocycles. The number of nitrogens with one attached hydrogen (secondary N) is 2. The van der Waals surface area contributed by atoms with Gasteiger partial charge >= 0.3 is 6.18 Å². The number of thiocarbonyl (C=S) groups is 1. The molecule has 1 aromatic carbocycles. The fraction of sp³-hybridized carbons (Fsp3) is 0.391. The smallest absolute Gasteiger partial charge is 0.389 e. The number of amides is 2. The highest BCUT2D eigenvalue weighted by Crippen LogP contribution is 2.24. The Labute approximate surface area is 219 Å². The summed E-state index contributed by atoms with van der Waals surface area (Å²) in [6.07, 6.45) is -6.96. The minimum atomic E-state index is -4.63. The van der Waals surface area contributed by atoms with Crippen LogP contribution in [0.4, 0.5) is 17.6 Å². The number of aromatic nitrogens is 1. The first kappa shape index (κ1) is 30.3. The van der Waals surface area contributed by atoms with Crippen molar-refractivity contribution in [1.29, 1.82) is 5.26 Å². The fourth-order valence-electron chi connectivity index (χ4n) is 3.23. The molecule has 1 unspecified atom stereocenters. The summed E-state index contributed by atoms with van der Waals surface area (Å²) in [5, 5.41) is 23.3. The van der Waals surface area contributed by atoms with Gasteiger partial charge in [0, 0.05) is 6.42 Å². The van der Waals surface area contributed by atoms with Crippen LogP contribution < -0.4 is 16.4 Å². The van der Waals surface area contributed by atoms with Gasteiger partial charge in [-0.25, -0.2) is 9.37 Å². The average molecular weight is 558 g/mol. The lowest BCUT2D eigenvalue weighted by molar-refractivity contribution is -0.140. The van der Waals surface area contributed by atoms with Crippen LogP contribution in [0.2, 0.25) is 0 Å². The molecule has 2 rings (SSSR count). The van der Waals surface area contributed by atoms with Crippen LogP contribution in [-0.4, -0.2) is 57.0 Å². The van der Waals surface area contributed by atoms with Crippen molar-refractivity contribution in [3.05, 3.63) is 41.5 Å². The van der Waals surface area contributed by atoms with Gasteiger partial charge < -0.3 is 25.9 Å². The molecule has 2 aromatic rings. The molecule has 0 radical (unpaired) electrons. The molecule has 0 spiro atoms. The van der Waals surface area contributed by atoms with Crippen LogP contribution >= 0.6 is 12.2 Å². The lowest BCUT2D eigenvalue weighted by Crippen LogP contribution is -2.53. The molecule has 0 aliphatic carbocycles. The minimum Gasteiger partial charge on any atom is -0.431 e. The van der Waals surface area contributed by atoms with E-state index in [4.69, 9.17) is 10.2 Å². The number of hydrogen-bond donors (Lipinski definition) is 4. The largest absolute Gasteiger partial charge is 0.431 e. The van der Waals surface area contributed by atoms with Gasteiger partial charge in [0.1, 0.15) is 22.9 Å². The lowest BCUT2D eigenvalue weighted by atomic mass is 10.0. The maximum Gasteiger partial charge on any atom is 0.389 e. The molecule has 1 aromatic heterocycles. The van der Waals surface area contributed by atoms with Gasteiger partial charge in [0.25, 0.3) is 5.91 Å². The second kappa shape index (κ2) is 13.1. The van der Waals surface area contributed by atoms with Gasteiger partial charge in [-0.2, -0.15) is 18.4 Å². The summed E-state index contributed by atoms with van der Waals surface area (Å²) in [7, 11) is 0. The quantitative estimate of drug-likeness (QED) is 0.226. The van der Waals surface area contributed by atoms with E-state index < -0.39 is 71.4 Å². The summed E-state index contributed by atoms with van der Waals surface area (Å²) in [6.45, 7) is 1.41. The molecule has 5 N–H and O–H groups in total. The predicted octanol–water partition coefficient (Wildman–Crippen LogP) is 2.29. The Morgan fingerprint density at radius 1 is 1.21 bits per heavy atom. The molecule has 3 atom stereocenters. The first-order chi connectivity index (χ1) is 17.7. The van der Waals surface area contributed by atoms with Crippen molar-refractivity contribution in [2.24, 2.45) is 5.73 Å². The molecular weight excluding hydrogens is 534 g/mol. The van der Waals surface area contributed by atoms with Crippen molar-refractivity contribution in [3.63, 3.8) is 0 Å². The number of carbonyl (C=O) groups is 3. The van der Waals surface area contributed by atoms with Crippen LogP contribution in [-0.2, 0) is 9.59 Å². The number of alkyl halides is 3. The number of ketones is 1. The fourth-order valence-corrected chi connectivity index (χ4v) is 3.37. The molecule has 38 heavy (non-hydrogen) atoms. The lowest BCUT2D eigenvalue weighted by Gasteiger charge is -2.23. The Balaban J connectivity index is 2.24. The van der Waals surface area contributed by atoms with Gasteiger partial charge in [-0.15, -0.1) is 0 Å². The number of carbonyl (C=O) groups excluding carboxylic acids is 3. The van der Waals surface area contributed by atoms with E-state index in [2.05, 4.69) is 27.8 Å². The van der Waals surface area contributed by atoms with Crippen LogP contribution in [0.3, 0.4) is 0 Å². The average Bonchev–Trinajstić information content (AvgIpc) is 3.32. The van der Waals surface area contributed by atoms with Gasteiger partial charge in [-0.1, -0.05) is 12.2 Å². The monoisotopic (exact) mass is 557 g/mol. The molecule has 0 fully saturated rings. The number of Topliss-reactive ketones (excluding diaryl/α,β-unsaturated/α-hetero) is 1. The summed E-state index contributed by atoms with van der Waals surface area (Å²) in [5.74, 6) is -4.36. The number of benzene rings is 1. The van der Waals surface area contributed by atoms with Crippen LogP contribution in [0.15, 0.2) is 28.8 Å². The van der Waals surface area contributed by atoms with E-state index >= 15 is 0 Å². The summed E-state index contributed by atoms with van der Waals surface area (Å²) >= 11 is 4.54. The Bertz CT molecular complexity index is 1240. The van der Waals surface area contributed by atoms with Gasteiger partial charge in [0.05, 0.1) is 29.5 Å². The molecule has 0 aliphatic rings. The molecular formula is C23H23F4N5O5S. The van der Waals surface area contributed by atoms with Crippen molar-refractivity contribution < 1.29 is 41.5 Å². The van der Waals surface area contributed by atoms with E-state index in [9.17, 15) is 42.3 Å². The van der Waals surface area contributed by atoms with Crippen LogP contribution in [0, 0.1) is 17.1 Å². The van der Waals surface area contributed by atoms with Gasteiger partial charge in [0.15, 0.2) is 0 Å². The Morgan fingerprint density at radius 2 is 1.89 bits per heavy atom. The zero-order chi connectivity index (χ0) is 28.6. The number of oxazole rings is 1. The molecule has 2 amide bonds. The highest BCUT2D eigenvalue weighted by atomic mass is 32.1. The van der Waals surface area contributed by atoms with E-state index in [-0.39, 0.29) is 29.9 Å². The van der Waals surface area contributed by atoms with Crippen molar-refractivity contribution in [3.8, 4) is 17.5 Å². The van der Waals surface area contributed by atoms with Gasteiger partial charge in [-0.3, -0.25) is 14.4 Å². The van der Waals surface area contributed by atoms with Gasteiger partial charge in [-0.05, 0) is 44.4 Å². The van der Waals surface area contributed by atoms with Crippen LogP contribution in [0.1, 0.15) is 48.7 Å². The molecule has 0 saturated carbocycles. The Kier molecular flexibility index (Phi) is 10.4. The zero-order valence-electron chi connectivity index (χ0n) is 19.8. The van der Waals surface area contributed by atoms with Crippen molar-refractivity contribution in [1.82, 2.24) is 15.6 Å². The number of hydrogen-bond acceptors (Lipinski definition) is 8. The minimum absolute atomic E-state index is 0.00239. The van der Waals surface area contributed by atoms with Crippen molar-refractivity contribution in [2.75, 3.05) is 0 Å². The second-order valence-corrected chi connectivity index (χ2v) is 8.67. The normalized spacial score (nSPS) is 13.6. The third kappa shape index (κ3) is 8.89. The van der Waals surface area contributed by atoms with Crippen molar-refractivity contribution >= 4 is 34.8 Å². The number of halogens is 4. The standard InChI is InChI=1S/C23H23F4N5O5S/c1-11(33)2-5-16(20(35)31-15(18(34)19(29)38)6-7-23(25,26)27)32-21(36)17-10-30-22(37-17)14-4-3-13(24)8-12(14)9-28/h3-4,8,10-11,15-16,33H,2,5-7H2,1H3,(H2,29,38)(H,31,35)(H,32,36)/t11?,15-,16-/m0/s1. The molecule has 1 heterocycles. The maximum atomic E-state index is 13.4. The molecule has 10 nitrogen and oxygen atoms in total. The van der Waals surface area contributed by atoms with Crippen LogP contribution in [0.25, 0.3) is 11.5 Å². The Morgan fingerprint density at radius 3 is 2.47 bits per heavy atom. The predicted molar refractivity (Wildman–Crippen MR) is 128 cm³/mol. The number of nitrogens with two attached hydrogens (primary N) is 1. The Hall–Kier alpha value is -3.90. The summed E-state index contributed by atoms with van der Waals surface area (Å²) in [5.41, 5.74) is 5.24. The summed E-state index contributed by atoms with van der Waals surface area (Å²) in [6, 6.07) is 1.87. The van der Waals surface area contributed by atoms with Crippen molar-refractivity contribution in [2.45, 2.75) is 57.0 Å². The van der Waals surface area contributed by atoms with E-state index in [1.807, 2.05) is 0 Å². The molecule has 15 heteroatoms. The molecule has 0 bridgehead atoms. The van der Waals surface area contributed by atoms with Crippen LogP contribution in [0.5, 0.6) is 0 Å². The number of aliphatic hydroxyl groups is 1. The topological polar surface area (TPSA) is 171 Å². The number of nitriles is 1. The number of rotatable bonds is 12. The number of nitrogens with zero attached hydrogens (tertiary/aromatic N) is 2. The van der Waals surface area contributed by atoms with E-state index in [1.54, 1.807) is 6.07 Å². The summed E-state index contributed by atoms with van der Waals surface area (Å²) < 4.78 is 56.9. The highest BCUT2D eigenvalue weighted by molar-refractivity contribution is 7.82. The SMILES string of the molecule is CC(O)CC[C@H](NC(=O)c1cnc(-c2ccc(F)cc2C#N)o1)C(=O)N[C@@H](CCC(F)(F)F)C(=O)C(N)=S. The first-order valence-electron chi connectivity index (χ1n) is 11.1. The van der Waals surface area contributed by atoms with Gasteiger partial charge in [0.2, 0.25) is 23.3 Å². The van der Waals surface area contributed by atoms with E-state index in [1.165, 1.54) is 13.0 Å². The summed E-state index contributed by atoms with van der Waals surface area (Å²) in [4.78, 5) is 41.0. The molecule has 204 valence electrons. The number of aliphatic hydroxyl groups excluding tert-OH is 1.